The summed E-state index contributed by atoms with van der Waals surface area (Å²) in [5.41, 5.74) is 1.05. The number of benzene rings is 1. The smallest absolute Gasteiger partial charge is 0.0454 e. The van der Waals surface area contributed by atoms with E-state index in [4.69, 9.17) is 23.2 Å². The third-order valence-electron chi connectivity index (χ3n) is 3.05. The second-order valence-electron chi connectivity index (χ2n) is 4.74. The monoisotopic (exact) mass is 313 g/mol. The number of thiophene rings is 1. The molecule has 1 aromatic carbocycles. The zero-order chi connectivity index (χ0) is 13.8. The van der Waals surface area contributed by atoms with Gasteiger partial charge >= 0.3 is 0 Å². The van der Waals surface area contributed by atoms with Crippen molar-refractivity contribution in [1.82, 2.24) is 5.32 Å². The maximum atomic E-state index is 6.22. The van der Waals surface area contributed by atoms with Gasteiger partial charge in [0.1, 0.15) is 0 Å². The minimum absolute atomic E-state index is 0.182. The van der Waals surface area contributed by atoms with Gasteiger partial charge in [0.2, 0.25) is 0 Å². The van der Waals surface area contributed by atoms with E-state index in [9.17, 15) is 0 Å². The summed E-state index contributed by atoms with van der Waals surface area (Å²) in [5.74, 6) is 0. The van der Waals surface area contributed by atoms with Gasteiger partial charge in [0.15, 0.2) is 0 Å². The largest absolute Gasteiger partial charge is 0.307 e. The van der Waals surface area contributed by atoms with Crippen molar-refractivity contribution in [3.05, 3.63) is 56.2 Å². The lowest BCUT2D eigenvalue weighted by Crippen LogP contribution is -2.30. The second-order valence-corrected chi connectivity index (χ2v) is 6.61. The summed E-state index contributed by atoms with van der Waals surface area (Å²) in [6, 6.07) is 10.4. The first-order valence-corrected chi connectivity index (χ1v) is 7.93. The highest BCUT2D eigenvalue weighted by Gasteiger charge is 2.13. The van der Waals surface area contributed by atoms with Crippen molar-refractivity contribution < 1.29 is 0 Å². The zero-order valence-electron chi connectivity index (χ0n) is 11.0. The molecule has 19 heavy (non-hydrogen) atoms. The van der Waals surface area contributed by atoms with E-state index in [1.165, 1.54) is 4.88 Å². The van der Waals surface area contributed by atoms with E-state index in [2.05, 4.69) is 36.7 Å². The highest BCUT2D eigenvalue weighted by molar-refractivity contribution is 7.09. The normalized spacial score (nSPS) is 14.3. The Kier molecular flexibility index (Phi) is 5.28. The van der Waals surface area contributed by atoms with Crippen LogP contribution in [0, 0.1) is 0 Å². The minimum Gasteiger partial charge on any atom is -0.307 e. The molecule has 1 nitrogen and oxygen atoms in total. The van der Waals surface area contributed by atoms with E-state index >= 15 is 0 Å². The molecule has 0 aliphatic rings. The average molecular weight is 314 g/mol. The van der Waals surface area contributed by atoms with E-state index in [-0.39, 0.29) is 6.04 Å². The lowest BCUT2D eigenvalue weighted by Gasteiger charge is -2.21. The molecule has 2 atom stereocenters. The van der Waals surface area contributed by atoms with Gasteiger partial charge in [-0.25, -0.2) is 0 Å². The first-order chi connectivity index (χ1) is 9.06. The van der Waals surface area contributed by atoms with Crippen LogP contribution in [0.3, 0.4) is 0 Å². The van der Waals surface area contributed by atoms with E-state index < -0.39 is 0 Å². The summed E-state index contributed by atoms with van der Waals surface area (Å²) in [4.78, 5) is 1.39. The Morgan fingerprint density at radius 2 is 2.00 bits per heavy atom. The summed E-state index contributed by atoms with van der Waals surface area (Å²) in [6.07, 6.45) is 1.03. The molecule has 4 heteroatoms. The summed E-state index contributed by atoms with van der Waals surface area (Å²) >= 11 is 14.0. The van der Waals surface area contributed by atoms with Crippen molar-refractivity contribution in [3.63, 3.8) is 0 Å². The topological polar surface area (TPSA) is 12.0 Å². The van der Waals surface area contributed by atoms with Crippen LogP contribution in [0.1, 0.15) is 30.3 Å². The van der Waals surface area contributed by atoms with Crippen molar-refractivity contribution >= 4 is 34.5 Å². The van der Waals surface area contributed by atoms with Gasteiger partial charge in [-0.15, -0.1) is 11.3 Å². The van der Waals surface area contributed by atoms with Crippen LogP contribution in [0.4, 0.5) is 0 Å². The molecular formula is C15H17Cl2NS. The minimum atomic E-state index is 0.182. The molecule has 1 heterocycles. The quantitative estimate of drug-likeness (QED) is 0.786. The Balaban J connectivity index is 2.00. The number of nitrogens with one attached hydrogen (secondary N) is 1. The van der Waals surface area contributed by atoms with Gasteiger partial charge in [-0.1, -0.05) is 29.3 Å². The maximum Gasteiger partial charge on any atom is 0.0454 e. The lowest BCUT2D eigenvalue weighted by atomic mass is 10.1. The average Bonchev–Trinajstić information content (AvgIpc) is 2.84. The Morgan fingerprint density at radius 1 is 1.21 bits per heavy atom. The molecule has 1 N–H and O–H groups in total. The number of hydrogen-bond acceptors (Lipinski definition) is 2. The van der Waals surface area contributed by atoms with Crippen molar-refractivity contribution in [1.29, 1.82) is 0 Å². The predicted octanol–water partition coefficient (Wildman–Crippen LogP) is 5.34. The molecule has 102 valence electrons. The Labute approximate surface area is 128 Å². The molecular weight excluding hydrogens is 297 g/mol. The molecule has 2 rings (SSSR count). The summed E-state index contributed by atoms with van der Waals surface area (Å²) < 4.78 is 0. The molecule has 1 aromatic heterocycles. The van der Waals surface area contributed by atoms with Gasteiger partial charge in [-0.3, -0.25) is 0 Å². The molecule has 0 amide bonds. The Hall–Kier alpha value is -0.540. The van der Waals surface area contributed by atoms with Gasteiger partial charge in [0.25, 0.3) is 0 Å². The van der Waals surface area contributed by atoms with Crippen LogP contribution in [-0.4, -0.2) is 6.04 Å². The highest BCUT2D eigenvalue weighted by Crippen LogP contribution is 2.26. The molecule has 0 saturated heterocycles. The molecule has 0 saturated carbocycles. The van der Waals surface area contributed by atoms with Crippen LogP contribution in [-0.2, 0) is 6.42 Å². The van der Waals surface area contributed by atoms with E-state index in [0.29, 0.717) is 6.04 Å². The summed E-state index contributed by atoms with van der Waals surface area (Å²) in [7, 11) is 0. The number of halogens is 2. The molecule has 2 unspecified atom stereocenters. The van der Waals surface area contributed by atoms with Crippen LogP contribution in [0.2, 0.25) is 10.0 Å². The van der Waals surface area contributed by atoms with Gasteiger partial charge in [-0.2, -0.15) is 0 Å². The van der Waals surface area contributed by atoms with E-state index in [0.717, 1.165) is 22.0 Å². The van der Waals surface area contributed by atoms with Crippen molar-refractivity contribution in [2.45, 2.75) is 32.4 Å². The first-order valence-electron chi connectivity index (χ1n) is 6.29. The SMILES string of the molecule is CC(Cc1cccs1)NC(C)c1cc(Cl)ccc1Cl. The van der Waals surface area contributed by atoms with Crippen LogP contribution in [0.5, 0.6) is 0 Å². The van der Waals surface area contributed by atoms with E-state index in [1.54, 1.807) is 11.3 Å². The maximum absolute atomic E-state index is 6.22. The van der Waals surface area contributed by atoms with Crippen LogP contribution in [0.25, 0.3) is 0 Å². The van der Waals surface area contributed by atoms with Crippen LogP contribution in [0.15, 0.2) is 35.7 Å². The molecule has 0 aliphatic carbocycles. The van der Waals surface area contributed by atoms with Gasteiger partial charge in [0.05, 0.1) is 0 Å². The molecule has 0 radical (unpaired) electrons. The molecule has 2 aromatic rings. The third kappa shape index (κ3) is 4.22. The zero-order valence-corrected chi connectivity index (χ0v) is 13.3. The van der Waals surface area contributed by atoms with Crippen molar-refractivity contribution in [3.8, 4) is 0 Å². The molecule has 0 spiro atoms. The van der Waals surface area contributed by atoms with Crippen LogP contribution < -0.4 is 5.32 Å². The molecule has 0 aliphatic heterocycles. The van der Waals surface area contributed by atoms with Crippen LogP contribution >= 0.6 is 34.5 Å². The lowest BCUT2D eigenvalue weighted by molar-refractivity contribution is 0.479. The standard InChI is InChI=1S/C15H17Cl2NS/c1-10(8-13-4-3-7-19-13)18-11(2)14-9-12(16)5-6-15(14)17/h3-7,9-11,18H,8H2,1-2H3. The van der Waals surface area contributed by atoms with Gasteiger partial charge < -0.3 is 5.32 Å². The van der Waals surface area contributed by atoms with Gasteiger partial charge in [0, 0.05) is 27.0 Å². The fourth-order valence-electron chi connectivity index (χ4n) is 2.15. The Bertz CT molecular complexity index is 525. The predicted molar refractivity (Wildman–Crippen MR) is 85.5 cm³/mol. The van der Waals surface area contributed by atoms with Gasteiger partial charge in [-0.05, 0) is 55.5 Å². The van der Waals surface area contributed by atoms with E-state index in [1.807, 2.05) is 18.2 Å². The van der Waals surface area contributed by atoms with Crippen molar-refractivity contribution in [2.75, 3.05) is 0 Å². The summed E-state index contributed by atoms with van der Waals surface area (Å²) in [6.45, 7) is 4.30. The Morgan fingerprint density at radius 3 is 2.68 bits per heavy atom. The highest BCUT2D eigenvalue weighted by atomic mass is 35.5. The second kappa shape index (κ2) is 6.76. The third-order valence-corrected chi connectivity index (χ3v) is 4.52. The first kappa shape index (κ1) is 14.9. The fourth-order valence-corrected chi connectivity index (χ4v) is 3.45. The molecule has 0 fully saturated rings. The van der Waals surface area contributed by atoms with Crippen molar-refractivity contribution in [2.24, 2.45) is 0 Å². The number of rotatable bonds is 5. The number of hydrogen-bond donors (Lipinski definition) is 1. The fraction of sp³-hybridized carbons (Fsp3) is 0.333. The molecule has 0 bridgehead atoms. The summed E-state index contributed by atoms with van der Waals surface area (Å²) in [5, 5.41) is 7.15.